The lowest BCUT2D eigenvalue weighted by Gasteiger charge is -2.30. The average molecular weight is 642 g/mol. The van der Waals surface area contributed by atoms with E-state index in [0.29, 0.717) is 65.6 Å². The van der Waals surface area contributed by atoms with Crippen LogP contribution in [0.5, 0.6) is 6.01 Å². The highest BCUT2D eigenvalue weighted by molar-refractivity contribution is 6.33. The first kappa shape index (κ1) is 30.5. The van der Waals surface area contributed by atoms with Crippen LogP contribution in [0.1, 0.15) is 50.5 Å². The Morgan fingerprint density at radius 2 is 2.11 bits per heavy atom. The summed E-state index contributed by atoms with van der Waals surface area (Å²) < 4.78 is 42.6. The molecule has 6 heterocycles. The lowest BCUT2D eigenvalue weighted by Crippen LogP contribution is -2.43. The van der Waals surface area contributed by atoms with Crippen molar-refractivity contribution in [3.8, 4) is 17.3 Å². The molecule has 4 aromatic rings. The number of aromatic nitrogens is 5. The summed E-state index contributed by atoms with van der Waals surface area (Å²) in [7, 11) is 0. The summed E-state index contributed by atoms with van der Waals surface area (Å²) in [5.74, 6) is -0.0651. The van der Waals surface area contributed by atoms with Gasteiger partial charge < -0.3 is 14.8 Å². The smallest absolute Gasteiger partial charge is 0.297 e. The molecule has 0 radical (unpaired) electrons. The van der Waals surface area contributed by atoms with Gasteiger partial charge in [-0.3, -0.25) is 24.8 Å². The fourth-order valence-electron chi connectivity index (χ4n) is 7.48. The predicted octanol–water partition coefficient (Wildman–Crippen LogP) is 4.95. The second kappa shape index (κ2) is 12.9. The van der Waals surface area contributed by atoms with Crippen LogP contribution in [0.2, 0.25) is 5.02 Å². The zero-order chi connectivity index (χ0) is 31.0. The summed E-state index contributed by atoms with van der Waals surface area (Å²) in [6.45, 7) is 4.56. The minimum Gasteiger partial charge on any atom is -0.463 e. The number of pyridine rings is 1. The Hall–Kier alpha value is -3.19. The van der Waals surface area contributed by atoms with Crippen LogP contribution in [0.15, 0.2) is 23.3 Å². The fraction of sp³-hybridized carbons (Fsp3) is 0.562. The third kappa shape index (κ3) is 6.05. The first-order chi connectivity index (χ1) is 21.9. The molecule has 0 saturated carbocycles. The first-order valence-electron chi connectivity index (χ1n) is 16.0. The van der Waals surface area contributed by atoms with E-state index in [9.17, 15) is 9.18 Å². The Morgan fingerprint density at radius 3 is 2.98 bits per heavy atom. The number of aromatic amines is 2. The molecule has 3 atom stereocenters. The van der Waals surface area contributed by atoms with E-state index in [1.54, 1.807) is 12.3 Å². The number of H-pyrrole nitrogens is 2. The molecule has 0 aliphatic carbocycles. The fourth-order valence-corrected chi connectivity index (χ4v) is 7.78. The summed E-state index contributed by atoms with van der Waals surface area (Å²) in [6.07, 6.45) is 9.15. The number of fused-ring (bicyclic) bond motifs is 3. The maximum absolute atomic E-state index is 16.4. The Kier molecular flexibility index (Phi) is 8.73. The minimum absolute atomic E-state index is 0.00235. The molecule has 240 valence electrons. The van der Waals surface area contributed by atoms with Crippen molar-refractivity contribution < 1.29 is 18.3 Å². The van der Waals surface area contributed by atoms with Crippen LogP contribution in [-0.2, 0) is 11.2 Å². The van der Waals surface area contributed by atoms with Gasteiger partial charge in [0.1, 0.15) is 24.0 Å². The topological polar surface area (TPSA) is 121 Å². The number of alkyl halides is 1. The molecule has 3 saturated heterocycles. The highest BCUT2D eigenvalue weighted by atomic mass is 35.5. The molecule has 10 nitrogen and oxygen atoms in total. The number of nitrogens with zero attached hydrogens (tertiary/aromatic N) is 4. The predicted molar refractivity (Wildman–Crippen MR) is 168 cm³/mol. The van der Waals surface area contributed by atoms with Gasteiger partial charge in [0, 0.05) is 41.7 Å². The lowest BCUT2D eigenvalue weighted by molar-refractivity contribution is 0.107. The second-order valence-electron chi connectivity index (χ2n) is 12.7. The van der Waals surface area contributed by atoms with E-state index in [-0.39, 0.29) is 29.2 Å². The highest BCUT2D eigenvalue weighted by Gasteiger charge is 2.49. The normalized spacial score (nSPS) is 23.7. The number of halogens is 3. The molecule has 0 spiro atoms. The third-order valence-electron chi connectivity index (χ3n) is 9.74. The Bertz CT molecular complexity index is 1740. The first-order valence-corrected chi connectivity index (χ1v) is 16.3. The number of hydrogen-bond acceptors (Lipinski definition) is 8. The zero-order valence-electron chi connectivity index (χ0n) is 25.1. The standard InChI is InChI=1S/C32H38ClF2N7O3/c33-24-12-25-22(16-38-41-25)26(21(24)6-11-44-10-2-5-19-4-1-8-36-14-19)29-27(35)28-23(15-37-29)30(43)40-31(39-28)45-18-32-7-3-9-42(32)17-20(34)13-32/h12,15-16,19-20,36H,1-11,13-14,17-18H2,(H,38,41)(H,39,40,43)/t19?,20-,32+/m1/s1. The van der Waals surface area contributed by atoms with E-state index in [1.165, 1.54) is 19.0 Å². The van der Waals surface area contributed by atoms with Gasteiger partial charge in [-0.15, -0.1) is 0 Å². The lowest BCUT2D eigenvalue weighted by atomic mass is 9.95. The molecule has 3 N–H and O–H groups in total. The van der Waals surface area contributed by atoms with Crippen molar-refractivity contribution in [2.24, 2.45) is 5.92 Å². The van der Waals surface area contributed by atoms with Crippen molar-refractivity contribution in [3.05, 3.63) is 45.2 Å². The Balaban J connectivity index is 1.14. The Morgan fingerprint density at radius 1 is 1.20 bits per heavy atom. The second-order valence-corrected chi connectivity index (χ2v) is 13.1. The van der Waals surface area contributed by atoms with E-state index in [2.05, 4.69) is 35.4 Å². The molecule has 13 heteroatoms. The van der Waals surface area contributed by atoms with Gasteiger partial charge in [0.2, 0.25) is 0 Å². The molecule has 0 bridgehead atoms. The van der Waals surface area contributed by atoms with Gasteiger partial charge in [0.25, 0.3) is 11.6 Å². The molecule has 1 aromatic carbocycles. The average Bonchev–Trinajstić information content (AvgIpc) is 3.73. The number of ether oxygens (including phenoxy) is 2. The van der Waals surface area contributed by atoms with Crippen molar-refractivity contribution in [3.63, 3.8) is 0 Å². The van der Waals surface area contributed by atoms with Gasteiger partial charge >= 0.3 is 0 Å². The van der Waals surface area contributed by atoms with Crippen LogP contribution in [0.4, 0.5) is 8.78 Å². The summed E-state index contributed by atoms with van der Waals surface area (Å²) >= 11 is 6.75. The van der Waals surface area contributed by atoms with Gasteiger partial charge in [-0.2, -0.15) is 10.1 Å². The molecular weight excluding hydrogens is 604 g/mol. The van der Waals surface area contributed by atoms with Crippen LogP contribution in [0.25, 0.3) is 33.1 Å². The molecule has 3 aliphatic heterocycles. The van der Waals surface area contributed by atoms with Crippen molar-refractivity contribution in [1.29, 1.82) is 0 Å². The largest absolute Gasteiger partial charge is 0.463 e. The molecule has 1 unspecified atom stereocenters. The van der Waals surface area contributed by atoms with Gasteiger partial charge in [0.15, 0.2) is 5.82 Å². The van der Waals surface area contributed by atoms with Crippen LogP contribution in [0.3, 0.4) is 0 Å². The van der Waals surface area contributed by atoms with Crippen LogP contribution >= 0.6 is 11.6 Å². The van der Waals surface area contributed by atoms with Crippen molar-refractivity contribution in [2.75, 3.05) is 46.0 Å². The minimum atomic E-state index is -0.917. The van der Waals surface area contributed by atoms with Gasteiger partial charge in [-0.05, 0) is 82.1 Å². The van der Waals surface area contributed by atoms with Crippen molar-refractivity contribution >= 4 is 33.4 Å². The molecule has 7 rings (SSSR count). The van der Waals surface area contributed by atoms with Crippen LogP contribution < -0.4 is 15.6 Å². The number of piperidine rings is 1. The molecule has 0 amide bonds. The SMILES string of the molecule is O=c1[nH]c(OC[C@@]23CCCN2C[C@H](F)C3)nc2c(F)c(-c3c(CCOCCCC4CCCNC4)c(Cl)cc4[nH]ncc34)ncc12. The summed E-state index contributed by atoms with van der Waals surface area (Å²) in [4.78, 5) is 26.5. The monoisotopic (exact) mass is 641 g/mol. The summed E-state index contributed by atoms with van der Waals surface area (Å²) in [5, 5.41) is 11.6. The molecular formula is C32H38ClF2N7O3. The highest BCUT2D eigenvalue weighted by Crippen LogP contribution is 2.41. The van der Waals surface area contributed by atoms with Gasteiger partial charge in [0.05, 0.1) is 29.2 Å². The van der Waals surface area contributed by atoms with Crippen molar-refractivity contribution in [1.82, 2.24) is 35.4 Å². The Labute approximate surface area is 264 Å². The zero-order valence-corrected chi connectivity index (χ0v) is 25.9. The van der Waals surface area contributed by atoms with Gasteiger partial charge in [-0.1, -0.05) is 11.6 Å². The van der Waals surface area contributed by atoms with E-state index in [1.807, 2.05) is 0 Å². The molecule has 3 aromatic heterocycles. The maximum atomic E-state index is 16.4. The molecule has 3 aliphatic rings. The van der Waals surface area contributed by atoms with E-state index < -0.39 is 23.1 Å². The maximum Gasteiger partial charge on any atom is 0.297 e. The number of benzene rings is 1. The number of rotatable bonds is 11. The number of hydrogen-bond donors (Lipinski definition) is 3. The number of nitrogens with one attached hydrogen (secondary N) is 3. The van der Waals surface area contributed by atoms with Crippen LogP contribution in [-0.4, -0.2) is 87.8 Å². The quantitative estimate of drug-likeness (QED) is 0.197. The van der Waals surface area contributed by atoms with E-state index >= 15 is 4.39 Å². The third-order valence-corrected chi connectivity index (χ3v) is 10.1. The molecule has 3 fully saturated rings. The van der Waals surface area contributed by atoms with Gasteiger partial charge in [-0.25, -0.2) is 8.78 Å². The van der Waals surface area contributed by atoms with E-state index in [4.69, 9.17) is 21.1 Å². The van der Waals surface area contributed by atoms with Crippen molar-refractivity contribution in [2.45, 2.75) is 63.1 Å². The van der Waals surface area contributed by atoms with E-state index in [0.717, 1.165) is 45.3 Å². The summed E-state index contributed by atoms with van der Waals surface area (Å²) in [5.41, 5.74) is 0.632. The van der Waals surface area contributed by atoms with Crippen LogP contribution in [0, 0.1) is 11.7 Å². The summed E-state index contributed by atoms with van der Waals surface area (Å²) in [6, 6.07) is 1.66. The molecule has 45 heavy (non-hydrogen) atoms.